The molecule has 0 radical (unpaired) electrons. The second-order valence-electron chi connectivity index (χ2n) is 10.5. The average Bonchev–Trinajstić information content (AvgIpc) is 2.97. The first-order valence-electron chi connectivity index (χ1n) is 13.3. The smallest absolute Gasteiger partial charge is 0.416 e. The normalized spacial score (nSPS) is 20.1. The van der Waals surface area contributed by atoms with Crippen molar-refractivity contribution in [3.05, 3.63) is 94.3 Å². The monoisotopic (exact) mass is 594 g/mol. The molecule has 222 valence electrons. The molecule has 3 aromatic rings. The van der Waals surface area contributed by atoms with E-state index < -0.39 is 47.4 Å². The number of hydrogen-bond donors (Lipinski definition) is 1. The summed E-state index contributed by atoms with van der Waals surface area (Å²) in [7, 11) is 2.90. The molecule has 1 N–H and O–H groups in total. The molecule has 0 atom stereocenters. The third kappa shape index (κ3) is 5.16. The van der Waals surface area contributed by atoms with E-state index in [0.29, 0.717) is 16.8 Å². The van der Waals surface area contributed by atoms with Crippen molar-refractivity contribution in [2.45, 2.75) is 37.0 Å². The molecule has 5 rings (SSSR count). The van der Waals surface area contributed by atoms with Crippen LogP contribution in [-0.2, 0) is 27.0 Å². The van der Waals surface area contributed by atoms with Crippen molar-refractivity contribution in [3.63, 3.8) is 0 Å². The molecule has 1 aliphatic heterocycles. The highest BCUT2D eigenvalue weighted by molar-refractivity contribution is 6.10. The summed E-state index contributed by atoms with van der Waals surface area (Å²) in [6.45, 7) is -0.630. The van der Waals surface area contributed by atoms with E-state index in [1.165, 1.54) is 36.3 Å². The zero-order chi connectivity index (χ0) is 31.1. The van der Waals surface area contributed by atoms with Gasteiger partial charge in [0.1, 0.15) is 17.9 Å². The number of rotatable bonds is 6. The van der Waals surface area contributed by atoms with Crippen molar-refractivity contribution < 1.29 is 36.7 Å². The first-order chi connectivity index (χ1) is 20.4. The molecule has 0 bridgehead atoms. The molecular formula is C31H26F4N4O4. The summed E-state index contributed by atoms with van der Waals surface area (Å²) in [5.74, 6) is -2.77. The molecule has 1 saturated carbocycles. The minimum Gasteiger partial charge on any atom is -0.465 e. The Bertz CT molecular complexity index is 1640. The Labute approximate surface area is 244 Å². The van der Waals surface area contributed by atoms with Gasteiger partial charge in [0.05, 0.1) is 41.2 Å². The van der Waals surface area contributed by atoms with E-state index in [1.54, 1.807) is 25.2 Å². The Morgan fingerprint density at radius 2 is 1.81 bits per heavy atom. The molecule has 1 aliphatic carbocycles. The van der Waals surface area contributed by atoms with Crippen LogP contribution in [0.2, 0.25) is 0 Å². The van der Waals surface area contributed by atoms with E-state index in [-0.39, 0.29) is 42.1 Å². The first-order valence-corrected chi connectivity index (χ1v) is 13.3. The molecular weight excluding hydrogens is 568 g/mol. The van der Waals surface area contributed by atoms with Crippen LogP contribution in [0.25, 0.3) is 0 Å². The summed E-state index contributed by atoms with van der Waals surface area (Å²) < 4.78 is 59.3. The minimum atomic E-state index is -4.53. The van der Waals surface area contributed by atoms with Crippen LogP contribution < -0.4 is 10.2 Å². The van der Waals surface area contributed by atoms with E-state index in [1.807, 2.05) is 6.07 Å². The predicted octanol–water partition coefficient (Wildman–Crippen LogP) is 5.24. The van der Waals surface area contributed by atoms with Gasteiger partial charge in [0.2, 0.25) is 5.91 Å². The Kier molecular flexibility index (Phi) is 7.60. The van der Waals surface area contributed by atoms with Crippen molar-refractivity contribution in [2.24, 2.45) is 0 Å². The van der Waals surface area contributed by atoms with Gasteiger partial charge in [-0.3, -0.25) is 14.5 Å². The van der Waals surface area contributed by atoms with Crippen molar-refractivity contribution in [1.82, 2.24) is 4.90 Å². The van der Waals surface area contributed by atoms with E-state index in [9.17, 15) is 27.6 Å². The first kappa shape index (κ1) is 29.6. The molecule has 3 aromatic carbocycles. The number of carbonyl (C=O) groups is 3. The number of ether oxygens (including phenoxy) is 1. The lowest BCUT2D eigenvalue weighted by Gasteiger charge is -2.57. The van der Waals surface area contributed by atoms with Crippen molar-refractivity contribution in [2.75, 3.05) is 30.9 Å². The second kappa shape index (κ2) is 11.1. The van der Waals surface area contributed by atoms with Crippen LogP contribution in [0, 0.1) is 17.1 Å². The number of benzene rings is 3. The van der Waals surface area contributed by atoms with Gasteiger partial charge in [-0.05, 0) is 66.3 Å². The summed E-state index contributed by atoms with van der Waals surface area (Å²) in [5, 5.41) is 12.1. The van der Waals surface area contributed by atoms with E-state index in [2.05, 4.69) is 5.32 Å². The van der Waals surface area contributed by atoms with Crippen molar-refractivity contribution in [1.29, 1.82) is 5.26 Å². The number of para-hydroxylation sites is 1. The number of anilines is 2. The number of amides is 2. The maximum atomic E-state index is 15.1. The van der Waals surface area contributed by atoms with E-state index >= 15 is 4.39 Å². The largest absolute Gasteiger partial charge is 0.465 e. The van der Waals surface area contributed by atoms with Crippen LogP contribution in [0.4, 0.5) is 28.9 Å². The maximum absolute atomic E-state index is 15.1. The van der Waals surface area contributed by atoms with Crippen LogP contribution in [0.1, 0.15) is 51.4 Å². The van der Waals surface area contributed by atoms with E-state index in [0.717, 1.165) is 23.1 Å². The molecule has 1 saturated heterocycles. The lowest BCUT2D eigenvalue weighted by Crippen LogP contribution is -2.72. The Hall–Kier alpha value is -4.92. The van der Waals surface area contributed by atoms with E-state index in [4.69, 9.17) is 10.00 Å². The van der Waals surface area contributed by atoms with Crippen LogP contribution in [-0.4, -0.2) is 48.9 Å². The number of hydrogen-bond acceptors (Lipinski definition) is 6. The third-order valence-electron chi connectivity index (χ3n) is 8.10. The lowest BCUT2D eigenvalue weighted by atomic mass is 9.62. The molecule has 43 heavy (non-hydrogen) atoms. The number of nitriles is 1. The lowest BCUT2D eigenvalue weighted by molar-refractivity contribution is -0.159. The van der Waals surface area contributed by atoms with Crippen molar-refractivity contribution in [3.8, 4) is 6.07 Å². The fourth-order valence-corrected chi connectivity index (χ4v) is 5.95. The van der Waals surface area contributed by atoms with Gasteiger partial charge in [-0.2, -0.15) is 18.4 Å². The topological polar surface area (TPSA) is 103 Å². The van der Waals surface area contributed by atoms with Gasteiger partial charge < -0.3 is 15.0 Å². The third-order valence-corrected chi connectivity index (χ3v) is 8.10. The van der Waals surface area contributed by atoms with Crippen LogP contribution in [0.5, 0.6) is 0 Å². The number of esters is 1. The second-order valence-corrected chi connectivity index (χ2v) is 10.5. The summed E-state index contributed by atoms with van der Waals surface area (Å²) >= 11 is 0. The molecule has 0 unspecified atom stereocenters. The van der Waals surface area contributed by atoms with Crippen LogP contribution in [0.15, 0.2) is 60.7 Å². The minimum absolute atomic E-state index is 0.0458. The van der Waals surface area contributed by atoms with Crippen molar-refractivity contribution >= 4 is 29.2 Å². The zero-order valence-corrected chi connectivity index (χ0v) is 23.2. The predicted molar refractivity (Wildman–Crippen MR) is 147 cm³/mol. The molecule has 8 nitrogen and oxygen atoms in total. The molecule has 1 heterocycles. The number of piperazine rings is 1. The fourth-order valence-electron chi connectivity index (χ4n) is 5.95. The highest BCUT2D eigenvalue weighted by Crippen LogP contribution is 2.53. The Balaban J connectivity index is 1.53. The molecule has 2 aliphatic rings. The summed E-state index contributed by atoms with van der Waals surface area (Å²) in [6, 6.07) is 14.8. The van der Waals surface area contributed by atoms with Gasteiger partial charge in [-0.1, -0.05) is 24.3 Å². The van der Waals surface area contributed by atoms with Gasteiger partial charge in [-0.25, -0.2) is 9.18 Å². The van der Waals surface area contributed by atoms with Gasteiger partial charge >= 0.3 is 12.1 Å². The maximum Gasteiger partial charge on any atom is 0.416 e. The summed E-state index contributed by atoms with van der Waals surface area (Å²) in [5.41, 5.74) is -0.489. The molecule has 1 spiro atoms. The Morgan fingerprint density at radius 1 is 1.12 bits per heavy atom. The zero-order valence-electron chi connectivity index (χ0n) is 23.2. The average molecular weight is 595 g/mol. The van der Waals surface area contributed by atoms with Crippen LogP contribution >= 0.6 is 0 Å². The highest BCUT2D eigenvalue weighted by atomic mass is 19.4. The SMILES string of the molecule is CNc1c(C(=O)OC)cccc1C1CC2(C1)C(=O)N(c1ccc(C#N)cc1F)CC(=O)N2Cc1ccc(C(F)(F)F)cc1. The van der Waals surface area contributed by atoms with Gasteiger partial charge in [-0.15, -0.1) is 0 Å². The molecule has 0 aromatic heterocycles. The quantitative estimate of drug-likeness (QED) is 0.310. The van der Waals surface area contributed by atoms with Gasteiger partial charge in [0.25, 0.3) is 5.91 Å². The number of alkyl halides is 3. The van der Waals surface area contributed by atoms with Gasteiger partial charge in [0, 0.05) is 13.6 Å². The number of methoxy groups -OCH3 is 1. The fraction of sp³-hybridized carbons (Fsp3) is 0.290. The number of nitrogens with one attached hydrogen (secondary N) is 1. The molecule has 2 fully saturated rings. The Morgan fingerprint density at radius 3 is 2.40 bits per heavy atom. The standard InChI is InChI=1S/C31H26F4N4O4/c1-37-27-22(4-3-5-23(27)28(41)43-2)20-13-30(14-20)29(42)38(25-11-8-19(15-36)12-24(25)32)17-26(40)39(30)16-18-6-9-21(10-7-18)31(33,34)35/h3-12,20,37H,13-14,16-17H2,1-2H3. The highest BCUT2D eigenvalue weighted by Gasteiger charge is 2.60. The van der Waals surface area contributed by atoms with Gasteiger partial charge in [0.15, 0.2) is 0 Å². The molecule has 12 heteroatoms. The number of carbonyl (C=O) groups excluding carboxylic acids is 3. The molecule has 2 amide bonds. The number of nitrogens with zero attached hydrogens (tertiary/aromatic N) is 3. The number of halogens is 4. The summed E-state index contributed by atoms with van der Waals surface area (Å²) in [4.78, 5) is 42.6. The van der Waals surface area contributed by atoms with Crippen LogP contribution in [0.3, 0.4) is 0 Å². The summed E-state index contributed by atoms with van der Waals surface area (Å²) in [6.07, 6.45) is -4.30.